The first-order valence-corrected chi connectivity index (χ1v) is 7.33. The number of carbonyl (C=O) groups is 1. The second kappa shape index (κ2) is 10.2. The van der Waals surface area contributed by atoms with Crippen LogP contribution < -0.4 is 16.0 Å². The third-order valence-corrected chi connectivity index (χ3v) is 3.21. The Hall–Kier alpha value is -1.58. The Balaban J connectivity index is 2.23. The molecule has 1 aliphatic heterocycles. The van der Waals surface area contributed by atoms with Crippen LogP contribution in [0.2, 0.25) is 0 Å². The summed E-state index contributed by atoms with van der Waals surface area (Å²) in [5.74, 6) is -0.299. The minimum absolute atomic E-state index is 0.140. The molecule has 6 nitrogen and oxygen atoms in total. The van der Waals surface area contributed by atoms with Gasteiger partial charge < -0.3 is 16.0 Å². The van der Waals surface area contributed by atoms with Crippen LogP contribution in [0.5, 0.6) is 0 Å². The zero-order chi connectivity index (χ0) is 14.6. The number of carbonyl (C=O) groups excluding carboxylic acids is 1. The average Bonchev–Trinajstić information content (AvgIpc) is 2.48. The first kappa shape index (κ1) is 16.5. The largest absolute Gasteiger partial charge is 0.390 e. The monoisotopic (exact) mass is 279 g/mol. The fourth-order valence-electron chi connectivity index (χ4n) is 1.96. The maximum Gasteiger partial charge on any atom is 0.263 e. The van der Waals surface area contributed by atoms with Gasteiger partial charge in [-0.2, -0.15) is 5.26 Å². The third-order valence-electron chi connectivity index (χ3n) is 3.21. The van der Waals surface area contributed by atoms with E-state index in [1.165, 1.54) is 6.20 Å². The van der Waals surface area contributed by atoms with Crippen molar-refractivity contribution < 1.29 is 4.79 Å². The lowest BCUT2D eigenvalue weighted by molar-refractivity contribution is -0.117. The standard InChI is InChI=1S/C14H25N5O/c1-2-3-4-17-12-13(11-15)14(20)18-7-10-19-8-5-16-6-9-19/h12,16-17H,2-10H2,1H3,(H,18,20)/b13-12-. The second-order valence-corrected chi connectivity index (χ2v) is 4.83. The van der Waals surface area contributed by atoms with Crippen LogP contribution in [0.25, 0.3) is 0 Å². The highest BCUT2D eigenvalue weighted by Gasteiger charge is 2.11. The predicted molar refractivity (Wildman–Crippen MR) is 78.9 cm³/mol. The second-order valence-electron chi connectivity index (χ2n) is 4.83. The van der Waals surface area contributed by atoms with E-state index in [1.807, 2.05) is 6.07 Å². The van der Waals surface area contributed by atoms with Crippen LogP contribution in [0.3, 0.4) is 0 Å². The van der Waals surface area contributed by atoms with E-state index in [0.717, 1.165) is 52.1 Å². The van der Waals surface area contributed by atoms with Crippen molar-refractivity contribution in [1.29, 1.82) is 5.26 Å². The molecule has 0 atom stereocenters. The van der Waals surface area contributed by atoms with Crippen molar-refractivity contribution in [2.75, 3.05) is 45.8 Å². The van der Waals surface area contributed by atoms with Crippen LogP contribution in [0.4, 0.5) is 0 Å². The van der Waals surface area contributed by atoms with Crippen LogP contribution in [0.15, 0.2) is 11.8 Å². The van der Waals surface area contributed by atoms with Crippen molar-refractivity contribution in [3.05, 3.63) is 11.8 Å². The van der Waals surface area contributed by atoms with Crippen LogP contribution in [-0.4, -0.2) is 56.6 Å². The summed E-state index contributed by atoms with van der Waals surface area (Å²) in [5.41, 5.74) is 0.140. The minimum atomic E-state index is -0.299. The maximum absolute atomic E-state index is 11.8. The number of unbranched alkanes of at least 4 members (excludes halogenated alkanes) is 1. The highest BCUT2D eigenvalue weighted by Crippen LogP contribution is 1.93. The Labute approximate surface area is 121 Å². The van der Waals surface area contributed by atoms with Gasteiger partial charge in [0.1, 0.15) is 11.6 Å². The van der Waals surface area contributed by atoms with Crippen LogP contribution in [0, 0.1) is 11.3 Å². The normalized spacial score (nSPS) is 16.5. The lowest BCUT2D eigenvalue weighted by Crippen LogP contribution is -2.46. The molecule has 6 heteroatoms. The third kappa shape index (κ3) is 6.55. The summed E-state index contributed by atoms with van der Waals surface area (Å²) in [4.78, 5) is 14.1. The smallest absolute Gasteiger partial charge is 0.263 e. The number of rotatable bonds is 8. The van der Waals surface area contributed by atoms with Gasteiger partial charge in [0.25, 0.3) is 5.91 Å². The summed E-state index contributed by atoms with van der Waals surface area (Å²) in [6, 6.07) is 1.93. The summed E-state index contributed by atoms with van der Waals surface area (Å²) in [7, 11) is 0. The van der Waals surface area contributed by atoms with Crippen molar-refractivity contribution in [3.63, 3.8) is 0 Å². The molecule has 0 radical (unpaired) electrons. The number of piperazine rings is 1. The number of nitrogens with one attached hydrogen (secondary N) is 3. The van der Waals surface area contributed by atoms with E-state index in [2.05, 4.69) is 27.8 Å². The molecular weight excluding hydrogens is 254 g/mol. The zero-order valence-corrected chi connectivity index (χ0v) is 12.2. The molecule has 1 saturated heterocycles. The fraction of sp³-hybridized carbons (Fsp3) is 0.714. The van der Waals surface area contributed by atoms with Crippen molar-refractivity contribution in [2.24, 2.45) is 0 Å². The van der Waals surface area contributed by atoms with Crippen molar-refractivity contribution >= 4 is 5.91 Å². The van der Waals surface area contributed by atoms with Crippen LogP contribution in [0.1, 0.15) is 19.8 Å². The molecule has 0 bridgehead atoms. The Morgan fingerprint density at radius 1 is 1.40 bits per heavy atom. The molecule has 20 heavy (non-hydrogen) atoms. The van der Waals surface area contributed by atoms with E-state index < -0.39 is 0 Å². The van der Waals surface area contributed by atoms with Gasteiger partial charge in [-0.25, -0.2) is 0 Å². The van der Waals surface area contributed by atoms with Gasteiger partial charge in [0, 0.05) is 52.0 Å². The quantitative estimate of drug-likeness (QED) is 0.326. The molecule has 0 aromatic rings. The van der Waals surface area contributed by atoms with E-state index in [9.17, 15) is 4.79 Å². The number of hydrogen-bond donors (Lipinski definition) is 3. The topological polar surface area (TPSA) is 80.2 Å². The first-order valence-electron chi connectivity index (χ1n) is 7.33. The molecule has 1 amide bonds. The molecule has 0 unspecified atom stereocenters. The summed E-state index contributed by atoms with van der Waals surface area (Å²) in [5, 5.41) is 18.0. The molecule has 0 saturated carbocycles. The number of hydrogen-bond acceptors (Lipinski definition) is 5. The molecule has 1 rings (SSSR count). The number of amides is 1. The maximum atomic E-state index is 11.8. The summed E-state index contributed by atoms with van der Waals surface area (Å²) < 4.78 is 0. The van der Waals surface area contributed by atoms with Crippen LogP contribution in [-0.2, 0) is 4.79 Å². The summed E-state index contributed by atoms with van der Waals surface area (Å²) in [6.07, 6.45) is 3.62. The van der Waals surface area contributed by atoms with Crippen LogP contribution >= 0.6 is 0 Å². The molecule has 0 aliphatic carbocycles. The van der Waals surface area contributed by atoms with Gasteiger partial charge >= 0.3 is 0 Å². The minimum Gasteiger partial charge on any atom is -0.390 e. The first-order chi connectivity index (χ1) is 9.77. The molecule has 3 N–H and O–H groups in total. The van der Waals surface area contributed by atoms with E-state index >= 15 is 0 Å². The predicted octanol–water partition coefficient (Wildman–Crippen LogP) is -0.195. The highest BCUT2D eigenvalue weighted by atomic mass is 16.1. The van der Waals surface area contributed by atoms with Gasteiger partial charge in [0.15, 0.2) is 0 Å². The van der Waals surface area contributed by atoms with Gasteiger partial charge in [0.05, 0.1) is 0 Å². The molecule has 0 spiro atoms. The average molecular weight is 279 g/mol. The summed E-state index contributed by atoms with van der Waals surface area (Å²) in [6.45, 7) is 8.30. The van der Waals surface area contributed by atoms with E-state index in [4.69, 9.17) is 5.26 Å². The molecule has 1 aliphatic rings. The van der Waals surface area contributed by atoms with Crippen molar-refractivity contribution in [2.45, 2.75) is 19.8 Å². The Morgan fingerprint density at radius 2 is 2.15 bits per heavy atom. The lowest BCUT2D eigenvalue weighted by atomic mass is 10.3. The van der Waals surface area contributed by atoms with Crippen molar-refractivity contribution in [1.82, 2.24) is 20.9 Å². The van der Waals surface area contributed by atoms with Gasteiger partial charge in [-0.3, -0.25) is 9.69 Å². The van der Waals surface area contributed by atoms with E-state index in [0.29, 0.717) is 6.54 Å². The molecule has 112 valence electrons. The SMILES string of the molecule is CCCCN/C=C(/C#N)C(=O)NCCN1CCNCC1. The summed E-state index contributed by atoms with van der Waals surface area (Å²) >= 11 is 0. The highest BCUT2D eigenvalue weighted by molar-refractivity contribution is 5.97. The Morgan fingerprint density at radius 3 is 2.80 bits per heavy atom. The molecule has 0 aromatic heterocycles. The Bertz CT molecular complexity index is 355. The van der Waals surface area contributed by atoms with E-state index in [1.54, 1.807) is 0 Å². The lowest BCUT2D eigenvalue weighted by Gasteiger charge is -2.27. The van der Waals surface area contributed by atoms with Crippen molar-refractivity contribution in [3.8, 4) is 6.07 Å². The fourth-order valence-corrected chi connectivity index (χ4v) is 1.96. The van der Waals surface area contributed by atoms with Gasteiger partial charge in [-0.1, -0.05) is 13.3 Å². The van der Waals surface area contributed by atoms with E-state index in [-0.39, 0.29) is 11.5 Å². The molecule has 1 fully saturated rings. The number of nitrogens with zero attached hydrogens (tertiary/aromatic N) is 2. The molecule has 1 heterocycles. The van der Waals surface area contributed by atoms with Gasteiger partial charge in [0.2, 0.25) is 0 Å². The van der Waals surface area contributed by atoms with Gasteiger partial charge in [-0.15, -0.1) is 0 Å². The molecule has 0 aromatic carbocycles. The van der Waals surface area contributed by atoms with Gasteiger partial charge in [-0.05, 0) is 6.42 Å². The Kier molecular flexibility index (Phi) is 8.43. The zero-order valence-electron chi connectivity index (χ0n) is 12.2. The molecular formula is C14H25N5O. The number of nitriles is 1.